The Bertz CT molecular complexity index is 950. The summed E-state index contributed by atoms with van der Waals surface area (Å²) in [4.78, 5) is 26.1. The van der Waals surface area contributed by atoms with Crippen LogP contribution in [0, 0.1) is 0 Å². The highest BCUT2D eigenvalue weighted by molar-refractivity contribution is 6.31. The van der Waals surface area contributed by atoms with Crippen molar-refractivity contribution in [1.29, 1.82) is 0 Å². The van der Waals surface area contributed by atoms with E-state index in [-0.39, 0.29) is 29.1 Å². The van der Waals surface area contributed by atoms with Gasteiger partial charge in [-0.2, -0.15) is 0 Å². The average Bonchev–Trinajstić information content (AvgIpc) is 2.82. The SMILES string of the molecule is CN1/C(=C\C(=O)COc2ccc(Cl)cc2C(N)=O)C(C)(C)c2ccccc21. The van der Waals surface area contributed by atoms with Crippen LogP contribution in [0.5, 0.6) is 5.75 Å². The monoisotopic (exact) mass is 384 g/mol. The van der Waals surface area contributed by atoms with Crippen molar-refractivity contribution >= 4 is 29.0 Å². The number of nitrogens with two attached hydrogens (primary N) is 1. The van der Waals surface area contributed by atoms with E-state index in [2.05, 4.69) is 19.9 Å². The third-order valence-electron chi connectivity index (χ3n) is 4.82. The summed E-state index contributed by atoms with van der Waals surface area (Å²) in [5.74, 6) is -0.630. The number of carbonyl (C=O) groups excluding carboxylic acids is 2. The minimum Gasteiger partial charge on any atom is -0.485 e. The molecule has 0 bridgehead atoms. The Kier molecular flexibility index (Phi) is 4.98. The molecule has 2 aromatic carbocycles. The molecule has 1 aliphatic rings. The number of carbonyl (C=O) groups is 2. The molecule has 0 saturated carbocycles. The smallest absolute Gasteiger partial charge is 0.252 e. The molecular weight excluding hydrogens is 364 g/mol. The van der Waals surface area contributed by atoms with Crippen molar-refractivity contribution in [2.75, 3.05) is 18.6 Å². The summed E-state index contributed by atoms with van der Waals surface area (Å²) < 4.78 is 5.53. The quantitative estimate of drug-likeness (QED) is 0.798. The van der Waals surface area contributed by atoms with E-state index in [0.717, 1.165) is 11.4 Å². The number of ether oxygens (including phenoxy) is 1. The van der Waals surface area contributed by atoms with Gasteiger partial charge in [0.25, 0.3) is 5.91 Å². The number of hydrogen-bond donors (Lipinski definition) is 1. The number of fused-ring (bicyclic) bond motifs is 1. The van der Waals surface area contributed by atoms with E-state index in [0.29, 0.717) is 5.02 Å². The second-order valence-electron chi connectivity index (χ2n) is 6.99. The normalized spacial score (nSPS) is 16.3. The lowest BCUT2D eigenvalue weighted by Gasteiger charge is -2.24. The molecule has 6 heteroatoms. The van der Waals surface area contributed by atoms with Gasteiger partial charge in [0.15, 0.2) is 12.4 Å². The van der Waals surface area contributed by atoms with E-state index in [1.807, 2.05) is 30.1 Å². The summed E-state index contributed by atoms with van der Waals surface area (Å²) in [6.45, 7) is 3.96. The number of nitrogens with zero attached hydrogens (tertiary/aromatic N) is 1. The maximum Gasteiger partial charge on any atom is 0.252 e. The average molecular weight is 385 g/mol. The van der Waals surface area contributed by atoms with Gasteiger partial charge in [-0.05, 0) is 29.8 Å². The maximum atomic E-state index is 12.5. The molecular formula is C21H21ClN2O3. The van der Waals surface area contributed by atoms with Crippen LogP contribution in [-0.4, -0.2) is 25.3 Å². The number of halogens is 1. The highest BCUT2D eigenvalue weighted by Crippen LogP contribution is 2.46. The number of benzene rings is 2. The van der Waals surface area contributed by atoms with Gasteiger partial charge in [-0.25, -0.2) is 0 Å². The summed E-state index contributed by atoms with van der Waals surface area (Å²) >= 11 is 5.88. The van der Waals surface area contributed by atoms with E-state index >= 15 is 0 Å². The van der Waals surface area contributed by atoms with Crippen molar-refractivity contribution in [3.8, 4) is 5.75 Å². The number of allylic oxidation sites excluding steroid dienone is 1. The van der Waals surface area contributed by atoms with Crippen molar-refractivity contribution in [3.63, 3.8) is 0 Å². The number of ketones is 1. The molecule has 3 rings (SSSR count). The second kappa shape index (κ2) is 7.08. The van der Waals surface area contributed by atoms with Gasteiger partial charge >= 0.3 is 0 Å². The summed E-state index contributed by atoms with van der Waals surface area (Å²) in [7, 11) is 1.94. The summed E-state index contributed by atoms with van der Waals surface area (Å²) in [6, 6.07) is 12.6. The molecule has 27 heavy (non-hydrogen) atoms. The van der Waals surface area contributed by atoms with Gasteiger partial charge in [-0.3, -0.25) is 9.59 Å². The molecule has 0 atom stereocenters. The van der Waals surface area contributed by atoms with Gasteiger partial charge in [-0.15, -0.1) is 0 Å². The number of likely N-dealkylation sites (N-methyl/N-ethyl adjacent to an activating group) is 1. The Hall–Kier alpha value is -2.79. The fourth-order valence-corrected chi connectivity index (χ4v) is 3.59. The standard InChI is InChI=1S/C21H21ClN2O3/c1-21(2)16-6-4-5-7-17(16)24(3)19(21)11-14(25)12-27-18-9-8-13(22)10-15(18)20(23)26/h4-11H,12H2,1-3H3,(H2,23,26)/b19-11-. The lowest BCUT2D eigenvalue weighted by molar-refractivity contribution is -0.116. The van der Waals surface area contributed by atoms with Crippen LogP contribution >= 0.6 is 11.6 Å². The van der Waals surface area contributed by atoms with E-state index in [9.17, 15) is 9.59 Å². The maximum absolute atomic E-state index is 12.5. The zero-order valence-electron chi connectivity index (χ0n) is 15.5. The number of primary amides is 1. The van der Waals surface area contributed by atoms with Crippen molar-refractivity contribution in [3.05, 3.63) is 70.4 Å². The van der Waals surface area contributed by atoms with Crippen LogP contribution in [0.4, 0.5) is 5.69 Å². The van der Waals surface area contributed by atoms with Crippen molar-refractivity contribution in [2.24, 2.45) is 5.73 Å². The molecule has 0 saturated heterocycles. The van der Waals surface area contributed by atoms with Gasteiger partial charge in [0.05, 0.1) is 5.56 Å². The van der Waals surface area contributed by atoms with Crippen LogP contribution < -0.4 is 15.4 Å². The predicted molar refractivity (Wildman–Crippen MR) is 106 cm³/mol. The molecule has 2 N–H and O–H groups in total. The molecule has 0 spiro atoms. The molecule has 1 aliphatic heterocycles. The zero-order chi connectivity index (χ0) is 19.8. The molecule has 0 unspecified atom stereocenters. The number of anilines is 1. The lowest BCUT2D eigenvalue weighted by Crippen LogP contribution is -2.25. The highest BCUT2D eigenvalue weighted by atomic mass is 35.5. The minimum absolute atomic E-state index is 0.147. The van der Waals surface area contributed by atoms with Gasteiger partial charge in [0.1, 0.15) is 5.75 Å². The lowest BCUT2D eigenvalue weighted by atomic mass is 9.83. The first-order chi connectivity index (χ1) is 12.7. The van der Waals surface area contributed by atoms with Gasteiger partial charge in [-0.1, -0.05) is 43.6 Å². The first kappa shape index (κ1) is 19.0. The Morgan fingerprint density at radius 1 is 1.22 bits per heavy atom. The van der Waals surface area contributed by atoms with Gasteiger partial charge < -0.3 is 15.4 Å². The topological polar surface area (TPSA) is 72.6 Å². The van der Waals surface area contributed by atoms with E-state index in [4.69, 9.17) is 22.1 Å². The van der Waals surface area contributed by atoms with Crippen molar-refractivity contribution < 1.29 is 14.3 Å². The van der Waals surface area contributed by atoms with Crippen molar-refractivity contribution in [2.45, 2.75) is 19.3 Å². The third kappa shape index (κ3) is 3.55. The molecule has 5 nitrogen and oxygen atoms in total. The van der Waals surface area contributed by atoms with Gasteiger partial charge in [0.2, 0.25) is 0 Å². The predicted octanol–water partition coefficient (Wildman–Crippen LogP) is 3.70. The molecule has 0 aliphatic carbocycles. The molecule has 2 aromatic rings. The fraction of sp³-hybridized carbons (Fsp3) is 0.238. The van der Waals surface area contributed by atoms with Crippen LogP contribution in [0.2, 0.25) is 5.02 Å². The molecule has 140 valence electrons. The van der Waals surface area contributed by atoms with Crippen LogP contribution in [0.15, 0.2) is 54.2 Å². The highest BCUT2D eigenvalue weighted by Gasteiger charge is 2.38. The molecule has 0 fully saturated rings. The number of hydrogen-bond acceptors (Lipinski definition) is 4. The molecule has 1 amide bonds. The summed E-state index contributed by atoms with van der Waals surface area (Å²) in [5, 5.41) is 0.372. The zero-order valence-corrected chi connectivity index (χ0v) is 16.2. The van der Waals surface area contributed by atoms with Crippen LogP contribution in [-0.2, 0) is 10.2 Å². The Morgan fingerprint density at radius 2 is 1.93 bits per heavy atom. The Balaban J connectivity index is 1.80. The molecule has 0 radical (unpaired) electrons. The number of amides is 1. The first-order valence-electron chi connectivity index (χ1n) is 8.52. The summed E-state index contributed by atoms with van der Waals surface area (Å²) in [5.41, 5.74) is 8.34. The summed E-state index contributed by atoms with van der Waals surface area (Å²) in [6.07, 6.45) is 1.60. The Morgan fingerprint density at radius 3 is 2.59 bits per heavy atom. The van der Waals surface area contributed by atoms with Crippen LogP contribution in [0.1, 0.15) is 29.8 Å². The second-order valence-corrected chi connectivity index (χ2v) is 7.43. The molecule has 0 aromatic heterocycles. The van der Waals surface area contributed by atoms with Crippen LogP contribution in [0.3, 0.4) is 0 Å². The minimum atomic E-state index is -0.662. The Labute approximate surface area is 163 Å². The number of para-hydroxylation sites is 1. The van der Waals surface area contributed by atoms with Crippen LogP contribution in [0.25, 0.3) is 0 Å². The number of rotatable bonds is 5. The van der Waals surface area contributed by atoms with Crippen molar-refractivity contribution in [1.82, 2.24) is 0 Å². The van der Waals surface area contributed by atoms with E-state index in [1.54, 1.807) is 12.1 Å². The fourth-order valence-electron chi connectivity index (χ4n) is 3.42. The third-order valence-corrected chi connectivity index (χ3v) is 5.05. The largest absolute Gasteiger partial charge is 0.485 e. The first-order valence-corrected chi connectivity index (χ1v) is 8.90. The van der Waals surface area contributed by atoms with E-state index in [1.165, 1.54) is 17.7 Å². The van der Waals surface area contributed by atoms with Gasteiger partial charge in [0, 0.05) is 34.9 Å². The molecule has 1 heterocycles. The van der Waals surface area contributed by atoms with E-state index < -0.39 is 5.91 Å².